The van der Waals surface area contributed by atoms with E-state index in [9.17, 15) is 0 Å². The van der Waals surface area contributed by atoms with Gasteiger partial charge in [0.15, 0.2) is 0 Å². The average Bonchev–Trinajstić information content (AvgIpc) is 2.55. The van der Waals surface area contributed by atoms with Crippen molar-refractivity contribution in [3.63, 3.8) is 0 Å². The Labute approximate surface area is 117 Å². The molecule has 0 unspecified atom stereocenters. The molecule has 0 saturated carbocycles. The van der Waals surface area contributed by atoms with Gasteiger partial charge in [-0.05, 0) is 28.6 Å². The van der Waals surface area contributed by atoms with Crippen LogP contribution in [0.4, 0.5) is 0 Å². The summed E-state index contributed by atoms with van der Waals surface area (Å²) in [6.45, 7) is 0. The second kappa shape index (κ2) is 4.46. The zero-order valence-electron chi connectivity index (χ0n) is 11.0. The first-order valence-corrected chi connectivity index (χ1v) is 6.75. The Morgan fingerprint density at radius 2 is 1.45 bits per heavy atom. The number of hydrogen-bond donors (Lipinski definition) is 0. The van der Waals surface area contributed by atoms with Crippen LogP contribution >= 0.6 is 0 Å². The number of aromatic nitrogens is 1. The lowest BCUT2D eigenvalue weighted by molar-refractivity contribution is 1.43. The number of pyridine rings is 1. The number of rotatable bonds is 1. The van der Waals surface area contributed by atoms with Gasteiger partial charge in [0.2, 0.25) is 0 Å². The minimum Gasteiger partial charge on any atom is -0.256 e. The van der Waals surface area contributed by atoms with Crippen molar-refractivity contribution in [1.82, 2.24) is 4.98 Å². The topological polar surface area (TPSA) is 12.9 Å². The first kappa shape index (κ1) is 11.2. The maximum Gasteiger partial charge on any atom is 0.0780 e. The van der Waals surface area contributed by atoms with Crippen LogP contribution in [0.3, 0.4) is 0 Å². The summed E-state index contributed by atoms with van der Waals surface area (Å²) >= 11 is 0. The average molecular weight is 255 g/mol. The van der Waals surface area contributed by atoms with Crippen molar-refractivity contribution in [3.8, 4) is 11.1 Å². The molecule has 94 valence electrons. The molecule has 4 aromatic rings. The Bertz CT molecular complexity index is 895. The lowest BCUT2D eigenvalue weighted by atomic mass is 9.99. The second-order valence-corrected chi connectivity index (χ2v) is 4.94. The van der Waals surface area contributed by atoms with Gasteiger partial charge in [0.1, 0.15) is 0 Å². The second-order valence-electron chi connectivity index (χ2n) is 4.94. The zero-order chi connectivity index (χ0) is 13.4. The van der Waals surface area contributed by atoms with Crippen molar-refractivity contribution in [2.24, 2.45) is 0 Å². The van der Waals surface area contributed by atoms with Crippen molar-refractivity contribution >= 4 is 21.7 Å². The van der Waals surface area contributed by atoms with Gasteiger partial charge in [-0.15, -0.1) is 0 Å². The maximum absolute atomic E-state index is 4.51. The lowest BCUT2D eigenvalue weighted by Crippen LogP contribution is -1.83. The summed E-state index contributed by atoms with van der Waals surface area (Å²) in [6, 6.07) is 25.4. The molecule has 1 heterocycles. The molecule has 1 nitrogen and oxygen atoms in total. The first-order chi connectivity index (χ1) is 9.92. The van der Waals surface area contributed by atoms with E-state index in [1.807, 2.05) is 18.3 Å². The van der Waals surface area contributed by atoms with Gasteiger partial charge < -0.3 is 0 Å². The highest BCUT2D eigenvalue weighted by atomic mass is 14.6. The van der Waals surface area contributed by atoms with Gasteiger partial charge in [-0.2, -0.15) is 0 Å². The molecular weight excluding hydrogens is 242 g/mol. The normalized spacial score (nSPS) is 11.0. The lowest BCUT2D eigenvalue weighted by Gasteiger charge is -2.06. The van der Waals surface area contributed by atoms with Gasteiger partial charge in [-0.1, -0.05) is 60.7 Å². The van der Waals surface area contributed by atoms with Gasteiger partial charge >= 0.3 is 0 Å². The molecule has 0 aliphatic carbocycles. The third-order valence-electron chi connectivity index (χ3n) is 3.70. The molecule has 0 saturated heterocycles. The van der Waals surface area contributed by atoms with E-state index < -0.39 is 0 Å². The van der Waals surface area contributed by atoms with Crippen LogP contribution < -0.4 is 0 Å². The summed E-state index contributed by atoms with van der Waals surface area (Å²) in [5.41, 5.74) is 3.56. The van der Waals surface area contributed by atoms with E-state index in [1.54, 1.807) is 0 Å². The van der Waals surface area contributed by atoms with Crippen LogP contribution in [0.25, 0.3) is 32.8 Å². The van der Waals surface area contributed by atoms with E-state index in [4.69, 9.17) is 0 Å². The summed E-state index contributed by atoms with van der Waals surface area (Å²) in [5.74, 6) is 0. The smallest absolute Gasteiger partial charge is 0.0780 e. The predicted octanol–water partition coefficient (Wildman–Crippen LogP) is 5.06. The van der Waals surface area contributed by atoms with E-state index in [-0.39, 0.29) is 0 Å². The minimum atomic E-state index is 1.07. The van der Waals surface area contributed by atoms with Crippen LogP contribution in [-0.4, -0.2) is 4.98 Å². The molecule has 0 N–H and O–H groups in total. The SMILES string of the molecule is c1ccc(-c2ccc3c(ccc4cccnc43)c2)cc1. The summed E-state index contributed by atoms with van der Waals surface area (Å²) in [4.78, 5) is 4.51. The van der Waals surface area contributed by atoms with Gasteiger partial charge in [-0.25, -0.2) is 0 Å². The summed E-state index contributed by atoms with van der Waals surface area (Å²) < 4.78 is 0. The minimum absolute atomic E-state index is 1.07. The third-order valence-corrected chi connectivity index (χ3v) is 3.70. The molecule has 0 spiro atoms. The molecular formula is C19H13N. The van der Waals surface area contributed by atoms with Gasteiger partial charge in [0, 0.05) is 17.0 Å². The van der Waals surface area contributed by atoms with Crippen LogP contribution in [0.15, 0.2) is 79.0 Å². The fraction of sp³-hybridized carbons (Fsp3) is 0. The summed E-state index contributed by atoms with van der Waals surface area (Å²) in [7, 11) is 0. The molecule has 0 fully saturated rings. The molecule has 3 aromatic carbocycles. The van der Waals surface area contributed by atoms with E-state index in [2.05, 4.69) is 65.6 Å². The number of nitrogens with zero attached hydrogens (tertiary/aromatic N) is 1. The quantitative estimate of drug-likeness (QED) is 0.433. The van der Waals surface area contributed by atoms with Crippen molar-refractivity contribution < 1.29 is 0 Å². The highest BCUT2D eigenvalue weighted by molar-refractivity contribution is 6.06. The zero-order valence-corrected chi connectivity index (χ0v) is 11.0. The molecule has 4 rings (SSSR count). The molecule has 20 heavy (non-hydrogen) atoms. The van der Waals surface area contributed by atoms with E-state index in [0.717, 1.165) is 5.52 Å². The number of hydrogen-bond acceptors (Lipinski definition) is 1. The van der Waals surface area contributed by atoms with Crippen LogP contribution in [0.2, 0.25) is 0 Å². The van der Waals surface area contributed by atoms with Crippen molar-refractivity contribution in [3.05, 3.63) is 79.0 Å². The maximum atomic E-state index is 4.51. The molecule has 0 radical (unpaired) electrons. The Morgan fingerprint density at radius 1 is 0.600 bits per heavy atom. The van der Waals surface area contributed by atoms with Crippen LogP contribution in [-0.2, 0) is 0 Å². The Balaban J connectivity index is 1.99. The van der Waals surface area contributed by atoms with Crippen LogP contribution in [0.5, 0.6) is 0 Å². The van der Waals surface area contributed by atoms with Crippen molar-refractivity contribution in [2.45, 2.75) is 0 Å². The van der Waals surface area contributed by atoms with Gasteiger partial charge in [0.05, 0.1) is 5.52 Å². The van der Waals surface area contributed by atoms with Crippen molar-refractivity contribution in [1.29, 1.82) is 0 Å². The van der Waals surface area contributed by atoms with Gasteiger partial charge in [-0.3, -0.25) is 4.98 Å². The van der Waals surface area contributed by atoms with Crippen LogP contribution in [0, 0.1) is 0 Å². The Hall–Kier alpha value is -2.67. The first-order valence-electron chi connectivity index (χ1n) is 6.75. The molecule has 1 aromatic heterocycles. The number of benzene rings is 3. The monoisotopic (exact) mass is 255 g/mol. The van der Waals surface area contributed by atoms with Crippen molar-refractivity contribution in [2.75, 3.05) is 0 Å². The molecule has 0 aliphatic heterocycles. The Morgan fingerprint density at radius 3 is 2.35 bits per heavy atom. The molecule has 0 amide bonds. The fourth-order valence-electron chi connectivity index (χ4n) is 2.68. The molecule has 1 heteroatoms. The molecule has 0 atom stereocenters. The summed E-state index contributed by atoms with van der Waals surface area (Å²) in [5, 5.41) is 3.63. The van der Waals surface area contributed by atoms with E-state index in [1.165, 1.54) is 27.3 Å². The third kappa shape index (κ3) is 1.76. The van der Waals surface area contributed by atoms with E-state index in [0.29, 0.717) is 0 Å². The fourth-order valence-corrected chi connectivity index (χ4v) is 2.68. The summed E-state index contributed by atoms with van der Waals surface area (Å²) in [6.07, 6.45) is 1.85. The predicted molar refractivity (Wildman–Crippen MR) is 84.7 cm³/mol. The highest BCUT2D eigenvalue weighted by Crippen LogP contribution is 2.28. The molecule has 0 bridgehead atoms. The number of fused-ring (bicyclic) bond motifs is 3. The molecule has 0 aliphatic rings. The van der Waals surface area contributed by atoms with E-state index >= 15 is 0 Å². The van der Waals surface area contributed by atoms with Gasteiger partial charge in [0.25, 0.3) is 0 Å². The highest BCUT2D eigenvalue weighted by Gasteiger charge is 2.03. The Kier molecular flexibility index (Phi) is 2.49. The standard InChI is InChI=1S/C19H13N/c1-2-5-14(6-3-1)16-10-11-18-17(13-16)9-8-15-7-4-12-20-19(15)18/h1-13H. The largest absolute Gasteiger partial charge is 0.256 e. The van der Waals surface area contributed by atoms with Crippen LogP contribution in [0.1, 0.15) is 0 Å².